The maximum atomic E-state index is 11.9. The Morgan fingerprint density at radius 2 is 1.95 bits per heavy atom. The van der Waals surface area contributed by atoms with E-state index < -0.39 is 12.0 Å². The van der Waals surface area contributed by atoms with Crippen molar-refractivity contribution in [1.29, 1.82) is 0 Å². The summed E-state index contributed by atoms with van der Waals surface area (Å²) in [6.45, 7) is 1.17. The number of rotatable bonds is 7. The highest BCUT2D eigenvalue weighted by Gasteiger charge is 2.21. The molecule has 1 aromatic rings. The summed E-state index contributed by atoms with van der Waals surface area (Å²) in [7, 11) is 3.43. The number of hydrogen-bond acceptors (Lipinski definition) is 3. The Morgan fingerprint density at radius 3 is 2.50 bits per heavy atom. The van der Waals surface area contributed by atoms with Gasteiger partial charge in [0.25, 0.3) is 0 Å². The molecule has 0 spiro atoms. The molecule has 3 N–H and O–H groups in total. The second-order valence-corrected chi connectivity index (χ2v) is 4.56. The van der Waals surface area contributed by atoms with Crippen LogP contribution in [0.1, 0.15) is 5.56 Å². The molecule has 110 valence electrons. The molecule has 0 saturated heterocycles. The molecule has 0 saturated carbocycles. The average molecular weight is 279 g/mol. The molecule has 6 heteroatoms. The summed E-state index contributed by atoms with van der Waals surface area (Å²) in [6, 6.07) is 7.92. The first-order chi connectivity index (χ1) is 9.54. The van der Waals surface area contributed by atoms with Crippen molar-refractivity contribution in [2.75, 3.05) is 27.2 Å². The van der Waals surface area contributed by atoms with E-state index in [1.807, 2.05) is 30.3 Å². The SMILES string of the molecule is CNCCN(C)C(=O)NC(Cc1ccccc1)C(=O)O. The molecule has 0 fully saturated rings. The van der Waals surface area contributed by atoms with Gasteiger partial charge in [-0.2, -0.15) is 0 Å². The van der Waals surface area contributed by atoms with E-state index in [-0.39, 0.29) is 12.5 Å². The monoisotopic (exact) mass is 279 g/mol. The number of benzene rings is 1. The quantitative estimate of drug-likeness (QED) is 0.680. The van der Waals surface area contributed by atoms with Crippen LogP contribution in [0.4, 0.5) is 4.79 Å². The number of nitrogens with one attached hydrogen (secondary N) is 2. The molecule has 1 rings (SSSR count). The van der Waals surface area contributed by atoms with Crippen LogP contribution in [0.3, 0.4) is 0 Å². The number of likely N-dealkylation sites (N-methyl/N-ethyl adjacent to an activating group) is 2. The summed E-state index contributed by atoms with van der Waals surface area (Å²) < 4.78 is 0. The molecule has 0 aliphatic carbocycles. The molecule has 0 aliphatic heterocycles. The molecule has 0 aliphatic rings. The second-order valence-electron chi connectivity index (χ2n) is 4.56. The summed E-state index contributed by atoms with van der Waals surface area (Å²) in [5.74, 6) is -1.04. The summed E-state index contributed by atoms with van der Waals surface area (Å²) >= 11 is 0. The third-order valence-electron chi connectivity index (χ3n) is 2.92. The Balaban J connectivity index is 2.59. The zero-order valence-electron chi connectivity index (χ0n) is 11.8. The maximum Gasteiger partial charge on any atom is 0.326 e. The Kier molecular flexibility index (Phi) is 6.52. The van der Waals surface area contributed by atoms with Gasteiger partial charge >= 0.3 is 12.0 Å². The number of carbonyl (C=O) groups is 2. The molecule has 6 nitrogen and oxygen atoms in total. The van der Waals surface area contributed by atoms with E-state index in [4.69, 9.17) is 0 Å². The standard InChI is InChI=1S/C14H21N3O3/c1-15-8-9-17(2)14(20)16-12(13(18)19)10-11-6-4-3-5-7-11/h3-7,12,15H,8-10H2,1-2H3,(H,16,20)(H,18,19). The highest BCUT2D eigenvalue weighted by Crippen LogP contribution is 2.04. The minimum Gasteiger partial charge on any atom is -0.480 e. The number of hydrogen-bond donors (Lipinski definition) is 3. The van der Waals surface area contributed by atoms with Crippen molar-refractivity contribution in [3.63, 3.8) is 0 Å². The van der Waals surface area contributed by atoms with Crippen molar-refractivity contribution in [3.8, 4) is 0 Å². The fraction of sp³-hybridized carbons (Fsp3) is 0.429. The van der Waals surface area contributed by atoms with Crippen LogP contribution in [0, 0.1) is 0 Å². The molecule has 2 amide bonds. The van der Waals surface area contributed by atoms with Gasteiger partial charge in [0.2, 0.25) is 0 Å². The molecule has 0 aromatic heterocycles. The number of carboxylic acid groups (broad SMARTS) is 1. The van der Waals surface area contributed by atoms with Gasteiger partial charge in [-0.05, 0) is 12.6 Å². The van der Waals surface area contributed by atoms with Gasteiger partial charge in [0.1, 0.15) is 6.04 Å². The molecule has 20 heavy (non-hydrogen) atoms. The molecule has 0 heterocycles. The first-order valence-corrected chi connectivity index (χ1v) is 6.47. The Labute approximate surface area is 118 Å². The number of urea groups is 1. The summed E-state index contributed by atoms with van der Waals surface area (Å²) in [5.41, 5.74) is 0.873. The van der Waals surface area contributed by atoms with Crippen LogP contribution < -0.4 is 10.6 Å². The van der Waals surface area contributed by atoms with E-state index in [1.54, 1.807) is 14.1 Å². The lowest BCUT2D eigenvalue weighted by Crippen LogP contribution is -2.48. The van der Waals surface area contributed by atoms with Gasteiger partial charge in [-0.3, -0.25) is 0 Å². The summed E-state index contributed by atoms with van der Waals surface area (Å²) in [6.07, 6.45) is 0.266. The highest BCUT2D eigenvalue weighted by molar-refractivity contribution is 5.82. The lowest BCUT2D eigenvalue weighted by Gasteiger charge is -2.21. The van der Waals surface area contributed by atoms with Crippen LogP contribution in [0.25, 0.3) is 0 Å². The smallest absolute Gasteiger partial charge is 0.326 e. The molecule has 0 bridgehead atoms. The zero-order valence-corrected chi connectivity index (χ0v) is 11.8. The number of carboxylic acids is 1. The Hall–Kier alpha value is -2.08. The first-order valence-electron chi connectivity index (χ1n) is 6.47. The Bertz CT molecular complexity index is 437. The summed E-state index contributed by atoms with van der Waals surface area (Å²) in [5, 5.41) is 14.7. The normalized spacial score (nSPS) is 11.7. The van der Waals surface area contributed by atoms with Crippen LogP contribution in [0.2, 0.25) is 0 Å². The lowest BCUT2D eigenvalue weighted by molar-refractivity contribution is -0.139. The van der Waals surface area contributed by atoms with Gasteiger partial charge in [0.05, 0.1) is 0 Å². The second kappa shape index (κ2) is 8.16. The van der Waals surface area contributed by atoms with Crippen molar-refractivity contribution in [2.45, 2.75) is 12.5 Å². The predicted molar refractivity (Wildman–Crippen MR) is 76.7 cm³/mol. The average Bonchev–Trinajstić information content (AvgIpc) is 2.44. The number of aliphatic carboxylic acids is 1. The third kappa shape index (κ3) is 5.27. The lowest BCUT2D eigenvalue weighted by atomic mass is 10.1. The molecule has 1 unspecified atom stereocenters. The van der Waals surface area contributed by atoms with E-state index in [1.165, 1.54) is 4.90 Å². The van der Waals surface area contributed by atoms with E-state index in [9.17, 15) is 14.7 Å². The van der Waals surface area contributed by atoms with Crippen LogP contribution >= 0.6 is 0 Å². The highest BCUT2D eigenvalue weighted by atomic mass is 16.4. The van der Waals surface area contributed by atoms with Gasteiger partial charge in [0, 0.05) is 26.6 Å². The van der Waals surface area contributed by atoms with Gasteiger partial charge in [-0.15, -0.1) is 0 Å². The van der Waals surface area contributed by atoms with Crippen LogP contribution in [0.5, 0.6) is 0 Å². The number of carbonyl (C=O) groups excluding carboxylic acids is 1. The van der Waals surface area contributed by atoms with Crippen molar-refractivity contribution in [2.24, 2.45) is 0 Å². The van der Waals surface area contributed by atoms with Gasteiger partial charge in [-0.25, -0.2) is 9.59 Å². The number of nitrogens with zero attached hydrogens (tertiary/aromatic N) is 1. The maximum absolute atomic E-state index is 11.9. The summed E-state index contributed by atoms with van der Waals surface area (Å²) in [4.78, 5) is 24.6. The zero-order chi connectivity index (χ0) is 15.0. The van der Waals surface area contributed by atoms with Crippen LogP contribution in [0.15, 0.2) is 30.3 Å². The molecule has 0 radical (unpaired) electrons. The third-order valence-corrected chi connectivity index (χ3v) is 2.92. The van der Waals surface area contributed by atoms with Gasteiger partial charge in [0.15, 0.2) is 0 Å². The molecular weight excluding hydrogens is 258 g/mol. The van der Waals surface area contributed by atoms with E-state index in [0.29, 0.717) is 13.1 Å². The van der Waals surface area contributed by atoms with Crippen molar-refractivity contribution in [1.82, 2.24) is 15.5 Å². The molecule has 1 aromatic carbocycles. The molecular formula is C14H21N3O3. The van der Waals surface area contributed by atoms with Gasteiger partial charge in [-0.1, -0.05) is 30.3 Å². The van der Waals surface area contributed by atoms with Crippen molar-refractivity contribution >= 4 is 12.0 Å². The minimum absolute atomic E-state index is 0.266. The largest absolute Gasteiger partial charge is 0.480 e. The van der Waals surface area contributed by atoms with Gasteiger partial charge < -0.3 is 20.6 Å². The van der Waals surface area contributed by atoms with E-state index >= 15 is 0 Å². The minimum atomic E-state index is -1.04. The first kappa shape index (κ1) is 16.0. The van der Waals surface area contributed by atoms with Crippen molar-refractivity contribution in [3.05, 3.63) is 35.9 Å². The topological polar surface area (TPSA) is 81.7 Å². The fourth-order valence-electron chi connectivity index (χ4n) is 1.69. The Morgan fingerprint density at radius 1 is 1.30 bits per heavy atom. The number of amides is 2. The van der Waals surface area contributed by atoms with Crippen LogP contribution in [-0.4, -0.2) is 55.2 Å². The predicted octanol–water partition coefficient (Wildman–Crippen LogP) is 0.543. The van der Waals surface area contributed by atoms with E-state index in [0.717, 1.165) is 5.56 Å². The fourth-order valence-corrected chi connectivity index (χ4v) is 1.69. The van der Waals surface area contributed by atoms with E-state index in [2.05, 4.69) is 10.6 Å². The van der Waals surface area contributed by atoms with Crippen LogP contribution in [-0.2, 0) is 11.2 Å². The molecule has 1 atom stereocenters. The van der Waals surface area contributed by atoms with Crippen molar-refractivity contribution < 1.29 is 14.7 Å².